The number of nitrogens with zero attached hydrogens (tertiary/aromatic N) is 2. The molecule has 1 aromatic carbocycles. The number of piperazine rings is 1. The second-order valence-electron chi connectivity index (χ2n) is 6.12. The van der Waals surface area contributed by atoms with Crippen LogP contribution in [0.25, 0.3) is 0 Å². The zero-order valence-corrected chi connectivity index (χ0v) is 14.1. The minimum atomic E-state index is -3.17. The largest absolute Gasteiger partial charge is 0.484 e. The second-order valence-corrected chi connectivity index (χ2v) is 8.10. The Morgan fingerprint density at radius 2 is 1.83 bits per heavy atom. The zero-order chi connectivity index (χ0) is 16.4. The number of carbonyl (C=O) groups is 1. The van der Waals surface area contributed by atoms with Crippen molar-refractivity contribution in [3.63, 3.8) is 0 Å². The molecule has 7 heteroatoms. The molecule has 0 saturated carbocycles. The Balaban J connectivity index is 1.50. The van der Waals surface area contributed by atoms with Crippen LogP contribution in [-0.2, 0) is 27.7 Å². The number of fused-ring (bicyclic) bond motifs is 1. The number of carbonyl (C=O) groups excluding carboxylic acids is 1. The molecule has 1 saturated heterocycles. The SMILES string of the molecule is CS(=O)(=O)N1CCN(C(=O)COc2ccc3c(c2)CCC3)CC1. The Morgan fingerprint density at radius 1 is 1.13 bits per heavy atom. The molecule has 0 spiro atoms. The molecule has 23 heavy (non-hydrogen) atoms. The van der Waals surface area contributed by atoms with E-state index in [-0.39, 0.29) is 12.5 Å². The van der Waals surface area contributed by atoms with Gasteiger partial charge in [-0.05, 0) is 42.5 Å². The van der Waals surface area contributed by atoms with Gasteiger partial charge < -0.3 is 9.64 Å². The fourth-order valence-electron chi connectivity index (χ4n) is 3.14. The molecule has 1 aromatic rings. The molecular formula is C16H22N2O4S. The van der Waals surface area contributed by atoms with Crippen molar-refractivity contribution in [2.24, 2.45) is 0 Å². The first-order chi connectivity index (χ1) is 10.9. The summed E-state index contributed by atoms with van der Waals surface area (Å²) in [7, 11) is -3.17. The van der Waals surface area contributed by atoms with Gasteiger partial charge >= 0.3 is 0 Å². The molecule has 0 aromatic heterocycles. The predicted molar refractivity (Wildman–Crippen MR) is 87.0 cm³/mol. The van der Waals surface area contributed by atoms with Crippen molar-refractivity contribution in [1.29, 1.82) is 0 Å². The molecule has 6 nitrogen and oxygen atoms in total. The highest BCUT2D eigenvalue weighted by Crippen LogP contribution is 2.26. The molecule has 126 valence electrons. The van der Waals surface area contributed by atoms with Gasteiger partial charge in [-0.1, -0.05) is 6.07 Å². The van der Waals surface area contributed by atoms with Crippen molar-refractivity contribution in [2.45, 2.75) is 19.3 Å². The van der Waals surface area contributed by atoms with Gasteiger partial charge in [0, 0.05) is 26.2 Å². The summed E-state index contributed by atoms with van der Waals surface area (Å²) in [4.78, 5) is 13.9. The van der Waals surface area contributed by atoms with Crippen LogP contribution in [0.4, 0.5) is 0 Å². The van der Waals surface area contributed by atoms with Gasteiger partial charge in [-0.3, -0.25) is 4.79 Å². The summed E-state index contributed by atoms with van der Waals surface area (Å²) in [5, 5.41) is 0. The smallest absolute Gasteiger partial charge is 0.260 e. The van der Waals surface area contributed by atoms with Crippen LogP contribution in [0.15, 0.2) is 18.2 Å². The molecule has 3 rings (SSSR count). The summed E-state index contributed by atoms with van der Waals surface area (Å²) in [5.74, 6) is 0.632. The lowest BCUT2D eigenvalue weighted by molar-refractivity contribution is -0.134. The van der Waals surface area contributed by atoms with Gasteiger partial charge in [-0.15, -0.1) is 0 Å². The van der Waals surface area contributed by atoms with Crippen LogP contribution in [-0.4, -0.2) is 62.6 Å². The predicted octanol–water partition coefficient (Wildman–Crippen LogP) is 0.658. The van der Waals surface area contributed by atoms with E-state index in [1.807, 2.05) is 12.1 Å². The molecule has 1 amide bonds. The van der Waals surface area contributed by atoms with Crippen molar-refractivity contribution in [1.82, 2.24) is 9.21 Å². The maximum Gasteiger partial charge on any atom is 0.260 e. The van der Waals surface area contributed by atoms with E-state index in [0.29, 0.717) is 26.2 Å². The molecule has 0 unspecified atom stereocenters. The fraction of sp³-hybridized carbons (Fsp3) is 0.562. The highest BCUT2D eigenvalue weighted by molar-refractivity contribution is 7.88. The van der Waals surface area contributed by atoms with Gasteiger partial charge in [-0.25, -0.2) is 8.42 Å². The van der Waals surface area contributed by atoms with Crippen LogP contribution in [0.5, 0.6) is 5.75 Å². The Kier molecular flexibility index (Phi) is 4.59. The number of sulfonamides is 1. The first-order valence-electron chi connectivity index (χ1n) is 7.91. The Bertz CT molecular complexity index is 694. The van der Waals surface area contributed by atoms with E-state index >= 15 is 0 Å². The lowest BCUT2D eigenvalue weighted by atomic mass is 10.1. The lowest BCUT2D eigenvalue weighted by Gasteiger charge is -2.33. The summed E-state index contributed by atoms with van der Waals surface area (Å²) in [6.07, 6.45) is 4.58. The van der Waals surface area contributed by atoms with E-state index in [9.17, 15) is 13.2 Å². The number of ether oxygens (including phenoxy) is 1. The van der Waals surface area contributed by atoms with Gasteiger partial charge in [0.15, 0.2) is 6.61 Å². The van der Waals surface area contributed by atoms with Crippen LogP contribution in [0.1, 0.15) is 17.5 Å². The summed E-state index contributed by atoms with van der Waals surface area (Å²) in [6, 6.07) is 6.02. The molecule has 0 radical (unpaired) electrons. The molecule has 1 fully saturated rings. The lowest BCUT2D eigenvalue weighted by Crippen LogP contribution is -2.51. The van der Waals surface area contributed by atoms with Crippen molar-refractivity contribution >= 4 is 15.9 Å². The molecule has 1 heterocycles. The molecule has 1 aliphatic heterocycles. The quantitative estimate of drug-likeness (QED) is 0.809. The highest BCUT2D eigenvalue weighted by Gasteiger charge is 2.26. The maximum absolute atomic E-state index is 12.2. The Labute approximate surface area is 137 Å². The van der Waals surface area contributed by atoms with Gasteiger partial charge in [0.2, 0.25) is 10.0 Å². The number of hydrogen-bond donors (Lipinski definition) is 0. The minimum Gasteiger partial charge on any atom is -0.484 e. The summed E-state index contributed by atoms with van der Waals surface area (Å²) in [5.41, 5.74) is 2.69. The molecule has 0 bridgehead atoms. The minimum absolute atomic E-state index is 0.00232. The van der Waals surface area contributed by atoms with Crippen molar-refractivity contribution < 1.29 is 17.9 Å². The normalized spacial score (nSPS) is 18.7. The molecular weight excluding hydrogens is 316 g/mol. The van der Waals surface area contributed by atoms with Crippen LogP contribution in [0.3, 0.4) is 0 Å². The number of amides is 1. The van der Waals surface area contributed by atoms with Crippen LogP contribution >= 0.6 is 0 Å². The monoisotopic (exact) mass is 338 g/mol. The van der Waals surface area contributed by atoms with E-state index in [1.54, 1.807) is 4.90 Å². The summed E-state index contributed by atoms with van der Waals surface area (Å²) in [6.45, 7) is 1.53. The second kappa shape index (κ2) is 6.49. The molecule has 1 aliphatic carbocycles. The summed E-state index contributed by atoms with van der Waals surface area (Å²) < 4.78 is 29.9. The van der Waals surface area contributed by atoms with Crippen molar-refractivity contribution in [3.05, 3.63) is 29.3 Å². The third-order valence-electron chi connectivity index (χ3n) is 4.49. The number of hydrogen-bond acceptors (Lipinski definition) is 4. The van der Waals surface area contributed by atoms with Crippen molar-refractivity contribution in [2.75, 3.05) is 39.0 Å². The third kappa shape index (κ3) is 3.84. The summed E-state index contributed by atoms with van der Waals surface area (Å²) >= 11 is 0. The third-order valence-corrected chi connectivity index (χ3v) is 5.80. The highest BCUT2D eigenvalue weighted by atomic mass is 32.2. The van der Waals surface area contributed by atoms with E-state index in [2.05, 4.69) is 6.07 Å². The maximum atomic E-state index is 12.2. The van der Waals surface area contributed by atoms with Crippen LogP contribution in [0.2, 0.25) is 0 Å². The first kappa shape index (κ1) is 16.3. The van der Waals surface area contributed by atoms with Crippen LogP contribution in [0, 0.1) is 0 Å². The average Bonchev–Trinajstić information content (AvgIpc) is 2.99. The van der Waals surface area contributed by atoms with E-state index in [0.717, 1.165) is 18.6 Å². The van der Waals surface area contributed by atoms with Gasteiger partial charge in [0.25, 0.3) is 5.91 Å². The number of benzene rings is 1. The average molecular weight is 338 g/mol. The molecule has 0 N–H and O–H groups in total. The van der Waals surface area contributed by atoms with Gasteiger partial charge in [0.05, 0.1) is 6.26 Å². The Hall–Kier alpha value is -1.60. The van der Waals surface area contributed by atoms with Gasteiger partial charge in [0.1, 0.15) is 5.75 Å². The van der Waals surface area contributed by atoms with Crippen LogP contribution < -0.4 is 4.74 Å². The molecule has 2 aliphatic rings. The topological polar surface area (TPSA) is 66.9 Å². The standard InChI is InChI=1S/C16H22N2O4S/c1-23(20,21)18-9-7-17(8-10-18)16(19)12-22-15-6-5-13-3-2-4-14(13)11-15/h5-6,11H,2-4,7-10,12H2,1H3. The molecule has 0 atom stereocenters. The van der Waals surface area contributed by atoms with E-state index in [4.69, 9.17) is 4.74 Å². The zero-order valence-electron chi connectivity index (χ0n) is 13.3. The first-order valence-corrected chi connectivity index (χ1v) is 9.76. The Morgan fingerprint density at radius 3 is 2.52 bits per heavy atom. The fourth-order valence-corrected chi connectivity index (χ4v) is 3.97. The van der Waals surface area contributed by atoms with Crippen molar-refractivity contribution in [3.8, 4) is 5.75 Å². The van der Waals surface area contributed by atoms with E-state index in [1.165, 1.54) is 28.1 Å². The van der Waals surface area contributed by atoms with E-state index < -0.39 is 10.0 Å². The van der Waals surface area contributed by atoms with Gasteiger partial charge in [-0.2, -0.15) is 4.31 Å². The number of rotatable bonds is 4. The number of aryl methyl sites for hydroxylation is 2.